The highest BCUT2D eigenvalue weighted by Gasteiger charge is 2.54. The lowest BCUT2D eigenvalue weighted by atomic mass is 9.69. The number of hydrogen-bond donors (Lipinski definition) is 4. The summed E-state index contributed by atoms with van der Waals surface area (Å²) in [5.41, 5.74) is 22.4. The van der Waals surface area contributed by atoms with Crippen LogP contribution in [0, 0.1) is 0 Å². The Kier molecular flexibility index (Phi) is 1.19. The Hall–Kier alpha value is -0.940. The lowest BCUT2D eigenvalue weighted by Crippen LogP contribution is -2.78. The maximum absolute atomic E-state index is 5.74. The molecule has 0 spiro atoms. The average Bonchev–Trinajstić information content (AvgIpc) is 2.04. The van der Waals surface area contributed by atoms with E-state index in [9.17, 15) is 0 Å². The third-order valence-corrected chi connectivity index (χ3v) is 2.50. The first-order valence-corrected chi connectivity index (χ1v) is 3.73. The lowest BCUT2D eigenvalue weighted by Gasteiger charge is -2.51. The van der Waals surface area contributed by atoms with Crippen molar-refractivity contribution in [2.75, 3.05) is 0 Å². The second kappa shape index (κ2) is 1.86. The Morgan fingerprint density at radius 1 is 0.750 bits per heavy atom. The van der Waals surface area contributed by atoms with Gasteiger partial charge in [-0.2, -0.15) is 0 Å². The summed E-state index contributed by atoms with van der Waals surface area (Å²) in [6.45, 7) is 0. The molecule has 0 radical (unpaired) electrons. The molecule has 8 N–H and O–H groups in total. The van der Waals surface area contributed by atoms with Crippen molar-refractivity contribution in [2.24, 2.45) is 22.9 Å². The normalized spacial score (nSPS) is 22.7. The number of benzene rings is 1. The molecule has 1 aromatic carbocycles. The van der Waals surface area contributed by atoms with Gasteiger partial charge in [0.15, 0.2) is 0 Å². The first-order chi connectivity index (χ1) is 5.48. The molecule has 4 heteroatoms. The molecule has 0 atom stereocenters. The number of rotatable bonds is 0. The summed E-state index contributed by atoms with van der Waals surface area (Å²) in [6, 6.07) is 7.41. The Bertz CT molecular complexity index is 297. The van der Waals surface area contributed by atoms with Crippen LogP contribution in [-0.4, -0.2) is 0 Å². The van der Waals surface area contributed by atoms with Gasteiger partial charge in [0.25, 0.3) is 0 Å². The van der Waals surface area contributed by atoms with Crippen LogP contribution in [-0.2, 0) is 11.3 Å². The lowest BCUT2D eigenvalue weighted by molar-refractivity contribution is 0.180. The first-order valence-electron chi connectivity index (χ1n) is 3.73. The molecule has 0 aliphatic heterocycles. The van der Waals surface area contributed by atoms with Crippen LogP contribution in [0.4, 0.5) is 0 Å². The van der Waals surface area contributed by atoms with Gasteiger partial charge in [-0.05, 0) is 11.1 Å². The van der Waals surface area contributed by atoms with Crippen LogP contribution in [0.5, 0.6) is 0 Å². The molecule has 0 aromatic heterocycles. The highest BCUT2D eigenvalue weighted by atomic mass is 15.2. The highest BCUT2D eigenvalue weighted by Crippen LogP contribution is 2.41. The van der Waals surface area contributed by atoms with Crippen LogP contribution >= 0.6 is 0 Å². The van der Waals surface area contributed by atoms with E-state index >= 15 is 0 Å². The first kappa shape index (κ1) is 7.70. The molecule has 0 saturated carbocycles. The van der Waals surface area contributed by atoms with Gasteiger partial charge in [0.05, 0.1) is 0 Å². The molecule has 1 aliphatic carbocycles. The van der Waals surface area contributed by atoms with E-state index in [0.717, 1.165) is 11.1 Å². The summed E-state index contributed by atoms with van der Waals surface area (Å²) in [4.78, 5) is 0. The molecule has 0 fully saturated rings. The van der Waals surface area contributed by atoms with Gasteiger partial charge in [-0.1, -0.05) is 24.3 Å². The van der Waals surface area contributed by atoms with Gasteiger partial charge in [0.2, 0.25) is 0 Å². The smallest absolute Gasteiger partial charge is 0.127 e. The topological polar surface area (TPSA) is 104 Å². The Morgan fingerprint density at radius 2 is 1.08 bits per heavy atom. The molecule has 12 heavy (non-hydrogen) atoms. The molecule has 4 nitrogen and oxygen atoms in total. The summed E-state index contributed by atoms with van der Waals surface area (Å²) in [7, 11) is 0. The fourth-order valence-electron chi connectivity index (χ4n) is 1.59. The van der Waals surface area contributed by atoms with Crippen LogP contribution in [0.15, 0.2) is 24.3 Å². The zero-order valence-corrected chi connectivity index (χ0v) is 6.62. The largest absolute Gasteiger partial charge is 0.307 e. The SMILES string of the molecule is NC1(N)c2ccccc2C1(N)N. The summed E-state index contributed by atoms with van der Waals surface area (Å²) < 4.78 is 0. The predicted octanol–water partition coefficient (Wildman–Crippen LogP) is -1.16. The van der Waals surface area contributed by atoms with Crippen molar-refractivity contribution in [1.82, 2.24) is 0 Å². The van der Waals surface area contributed by atoms with E-state index in [2.05, 4.69) is 0 Å². The Balaban J connectivity index is 2.64. The number of hydrogen-bond acceptors (Lipinski definition) is 4. The molecule has 0 heterocycles. The van der Waals surface area contributed by atoms with Crippen molar-refractivity contribution >= 4 is 0 Å². The van der Waals surface area contributed by atoms with Crippen LogP contribution in [0.2, 0.25) is 0 Å². The third-order valence-electron chi connectivity index (χ3n) is 2.50. The standard InChI is InChI=1S/C8H12N4/c9-7(10)5-3-1-2-4-6(5)8(7,11)12/h1-4H,9-12H2. The van der Waals surface area contributed by atoms with Gasteiger partial charge in [0, 0.05) is 0 Å². The van der Waals surface area contributed by atoms with E-state index in [0.29, 0.717) is 0 Å². The molecule has 0 amide bonds. The molecule has 2 rings (SSSR count). The van der Waals surface area contributed by atoms with E-state index in [1.54, 1.807) is 0 Å². The van der Waals surface area contributed by atoms with Gasteiger partial charge in [-0.25, -0.2) is 0 Å². The summed E-state index contributed by atoms with van der Waals surface area (Å²) >= 11 is 0. The van der Waals surface area contributed by atoms with E-state index in [1.807, 2.05) is 24.3 Å². The summed E-state index contributed by atoms with van der Waals surface area (Å²) in [6.07, 6.45) is 0. The number of nitrogens with two attached hydrogens (primary N) is 4. The van der Waals surface area contributed by atoms with Gasteiger partial charge >= 0.3 is 0 Å². The molecule has 1 aliphatic rings. The van der Waals surface area contributed by atoms with E-state index in [4.69, 9.17) is 22.9 Å². The Morgan fingerprint density at radius 3 is 1.42 bits per heavy atom. The Labute approximate surface area is 70.5 Å². The van der Waals surface area contributed by atoms with Crippen LogP contribution in [0.3, 0.4) is 0 Å². The van der Waals surface area contributed by atoms with E-state index in [-0.39, 0.29) is 0 Å². The quantitative estimate of drug-likeness (QED) is 0.363. The molecular formula is C8H12N4. The molecule has 0 saturated heterocycles. The maximum Gasteiger partial charge on any atom is 0.127 e. The molecule has 64 valence electrons. The van der Waals surface area contributed by atoms with Crippen molar-refractivity contribution in [3.63, 3.8) is 0 Å². The van der Waals surface area contributed by atoms with Crippen molar-refractivity contribution in [3.8, 4) is 0 Å². The molecule has 1 aromatic rings. The van der Waals surface area contributed by atoms with Crippen molar-refractivity contribution in [2.45, 2.75) is 11.3 Å². The van der Waals surface area contributed by atoms with Gasteiger partial charge in [0.1, 0.15) is 11.3 Å². The molecular weight excluding hydrogens is 152 g/mol. The minimum atomic E-state index is -1.09. The zero-order chi connectivity index (χ0) is 8.98. The minimum absolute atomic E-state index is 0.829. The van der Waals surface area contributed by atoms with Crippen LogP contribution in [0.25, 0.3) is 0 Å². The van der Waals surface area contributed by atoms with Gasteiger partial charge in [-0.3, -0.25) is 0 Å². The second-order valence-electron chi connectivity index (χ2n) is 3.28. The van der Waals surface area contributed by atoms with Crippen molar-refractivity contribution in [3.05, 3.63) is 35.4 Å². The number of fused-ring (bicyclic) bond motifs is 1. The molecule has 0 unspecified atom stereocenters. The van der Waals surface area contributed by atoms with Crippen molar-refractivity contribution < 1.29 is 0 Å². The minimum Gasteiger partial charge on any atom is -0.307 e. The fraction of sp³-hybridized carbons (Fsp3) is 0.250. The average molecular weight is 164 g/mol. The van der Waals surface area contributed by atoms with Crippen LogP contribution < -0.4 is 22.9 Å². The summed E-state index contributed by atoms with van der Waals surface area (Å²) in [5.74, 6) is 0. The van der Waals surface area contributed by atoms with Gasteiger partial charge in [-0.15, -0.1) is 0 Å². The van der Waals surface area contributed by atoms with Crippen molar-refractivity contribution in [1.29, 1.82) is 0 Å². The second-order valence-corrected chi connectivity index (χ2v) is 3.28. The molecule has 0 bridgehead atoms. The van der Waals surface area contributed by atoms with Gasteiger partial charge < -0.3 is 22.9 Å². The maximum atomic E-state index is 5.74. The predicted molar refractivity (Wildman–Crippen MR) is 46.5 cm³/mol. The highest BCUT2D eigenvalue weighted by molar-refractivity contribution is 5.50. The third kappa shape index (κ3) is 0.610. The summed E-state index contributed by atoms with van der Waals surface area (Å²) in [5, 5.41) is 0. The van der Waals surface area contributed by atoms with E-state index in [1.165, 1.54) is 0 Å². The van der Waals surface area contributed by atoms with Crippen LogP contribution in [0.1, 0.15) is 11.1 Å². The monoisotopic (exact) mass is 164 g/mol. The fourth-order valence-corrected chi connectivity index (χ4v) is 1.59. The van der Waals surface area contributed by atoms with E-state index < -0.39 is 11.3 Å². The zero-order valence-electron chi connectivity index (χ0n) is 6.62.